The first-order valence-electron chi connectivity index (χ1n) is 7.07. The molecule has 1 atom stereocenters. The molecule has 1 aromatic carbocycles. The molecule has 2 aromatic rings. The Morgan fingerprint density at radius 1 is 1.40 bits per heavy atom. The standard InChI is InChI=1S/C15H20N4O/c1-11-5-3-4-6-13(11)15-17-14(18-20-15)10-19-8-7-16-9-12(19)2/h3-6,12,16H,7-10H2,1-2H3/t12-/m0/s1. The van der Waals surface area contributed by atoms with Gasteiger partial charge in [0.2, 0.25) is 0 Å². The van der Waals surface area contributed by atoms with Gasteiger partial charge in [0.1, 0.15) is 0 Å². The third-order valence-corrected chi connectivity index (χ3v) is 3.83. The second kappa shape index (κ2) is 5.73. The first-order valence-corrected chi connectivity index (χ1v) is 7.07. The maximum absolute atomic E-state index is 5.40. The van der Waals surface area contributed by atoms with E-state index < -0.39 is 0 Å². The van der Waals surface area contributed by atoms with Crippen molar-refractivity contribution in [2.45, 2.75) is 26.4 Å². The van der Waals surface area contributed by atoms with Crippen LogP contribution in [0.3, 0.4) is 0 Å². The van der Waals surface area contributed by atoms with Crippen LogP contribution in [0.15, 0.2) is 28.8 Å². The van der Waals surface area contributed by atoms with Crippen molar-refractivity contribution >= 4 is 0 Å². The summed E-state index contributed by atoms with van der Waals surface area (Å²) in [5.41, 5.74) is 2.16. The number of hydrogen-bond acceptors (Lipinski definition) is 5. The van der Waals surface area contributed by atoms with E-state index in [1.807, 2.05) is 18.2 Å². The van der Waals surface area contributed by atoms with Gasteiger partial charge in [-0.15, -0.1) is 0 Å². The monoisotopic (exact) mass is 272 g/mol. The Morgan fingerprint density at radius 3 is 3.05 bits per heavy atom. The minimum Gasteiger partial charge on any atom is -0.334 e. The Labute approximate surface area is 119 Å². The third kappa shape index (κ3) is 2.73. The van der Waals surface area contributed by atoms with Gasteiger partial charge in [-0.25, -0.2) is 0 Å². The highest BCUT2D eigenvalue weighted by Gasteiger charge is 2.20. The molecular weight excluding hydrogens is 252 g/mol. The van der Waals surface area contributed by atoms with E-state index in [2.05, 4.69) is 40.3 Å². The van der Waals surface area contributed by atoms with Crippen LogP contribution in [-0.2, 0) is 6.54 Å². The van der Waals surface area contributed by atoms with E-state index in [4.69, 9.17) is 4.52 Å². The minimum atomic E-state index is 0.504. The molecular formula is C15H20N4O. The van der Waals surface area contributed by atoms with Gasteiger partial charge in [-0.3, -0.25) is 4.90 Å². The van der Waals surface area contributed by atoms with Gasteiger partial charge >= 0.3 is 0 Å². The van der Waals surface area contributed by atoms with E-state index in [-0.39, 0.29) is 0 Å². The fraction of sp³-hybridized carbons (Fsp3) is 0.467. The molecule has 2 heterocycles. The van der Waals surface area contributed by atoms with Crippen LogP contribution in [0.1, 0.15) is 18.3 Å². The van der Waals surface area contributed by atoms with Gasteiger partial charge in [0, 0.05) is 31.2 Å². The smallest absolute Gasteiger partial charge is 0.258 e. The van der Waals surface area contributed by atoms with Gasteiger partial charge in [-0.05, 0) is 25.5 Å². The minimum absolute atomic E-state index is 0.504. The number of nitrogens with one attached hydrogen (secondary N) is 1. The summed E-state index contributed by atoms with van der Waals surface area (Å²) >= 11 is 0. The molecule has 0 amide bonds. The number of nitrogens with zero attached hydrogens (tertiary/aromatic N) is 3. The van der Waals surface area contributed by atoms with Crippen LogP contribution in [0.2, 0.25) is 0 Å². The molecule has 0 saturated carbocycles. The molecule has 106 valence electrons. The summed E-state index contributed by atoms with van der Waals surface area (Å²) in [7, 11) is 0. The number of rotatable bonds is 3. The van der Waals surface area contributed by atoms with Crippen molar-refractivity contribution in [1.82, 2.24) is 20.4 Å². The zero-order valence-corrected chi connectivity index (χ0v) is 12.0. The lowest BCUT2D eigenvalue weighted by Gasteiger charge is -2.32. The van der Waals surface area contributed by atoms with Crippen LogP contribution in [-0.4, -0.2) is 40.7 Å². The molecule has 1 N–H and O–H groups in total. The number of aryl methyl sites for hydroxylation is 1. The van der Waals surface area contributed by atoms with E-state index >= 15 is 0 Å². The zero-order chi connectivity index (χ0) is 13.9. The van der Waals surface area contributed by atoms with E-state index in [1.54, 1.807) is 0 Å². The second-order valence-electron chi connectivity index (χ2n) is 5.35. The van der Waals surface area contributed by atoms with E-state index in [1.165, 1.54) is 0 Å². The van der Waals surface area contributed by atoms with Crippen molar-refractivity contribution in [3.8, 4) is 11.5 Å². The molecule has 1 aliphatic rings. The van der Waals surface area contributed by atoms with Crippen LogP contribution in [0.4, 0.5) is 0 Å². The van der Waals surface area contributed by atoms with Crippen LogP contribution in [0.25, 0.3) is 11.5 Å². The van der Waals surface area contributed by atoms with E-state index in [0.717, 1.165) is 43.1 Å². The van der Waals surface area contributed by atoms with Crippen LogP contribution >= 0.6 is 0 Å². The van der Waals surface area contributed by atoms with Gasteiger partial charge in [-0.1, -0.05) is 23.4 Å². The lowest BCUT2D eigenvalue weighted by molar-refractivity contribution is 0.160. The average molecular weight is 272 g/mol. The molecule has 5 nitrogen and oxygen atoms in total. The predicted octanol–water partition coefficient (Wildman–Crippen LogP) is 1.84. The molecule has 20 heavy (non-hydrogen) atoms. The normalized spacial score (nSPS) is 20.2. The van der Waals surface area contributed by atoms with Crippen molar-refractivity contribution in [2.24, 2.45) is 0 Å². The molecule has 1 aromatic heterocycles. The molecule has 1 aliphatic heterocycles. The Hall–Kier alpha value is -1.72. The van der Waals surface area contributed by atoms with Gasteiger partial charge in [0.25, 0.3) is 5.89 Å². The Morgan fingerprint density at radius 2 is 2.25 bits per heavy atom. The van der Waals surface area contributed by atoms with Crippen LogP contribution in [0.5, 0.6) is 0 Å². The summed E-state index contributed by atoms with van der Waals surface area (Å²) in [5.74, 6) is 1.37. The summed E-state index contributed by atoms with van der Waals surface area (Å²) in [4.78, 5) is 6.91. The second-order valence-corrected chi connectivity index (χ2v) is 5.35. The van der Waals surface area contributed by atoms with Crippen molar-refractivity contribution in [2.75, 3.05) is 19.6 Å². The summed E-state index contributed by atoms with van der Waals surface area (Å²) in [6.07, 6.45) is 0. The number of piperazine rings is 1. The Balaban J connectivity index is 1.75. The predicted molar refractivity (Wildman–Crippen MR) is 77.2 cm³/mol. The molecule has 0 aliphatic carbocycles. The molecule has 1 saturated heterocycles. The molecule has 0 spiro atoms. The molecule has 0 bridgehead atoms. The number of benzene rings is 1. The van der Waals surface area contributed by atoms with Gasteiger partial charge < -0.3 is 9.84 Å². The molecule has 0 radical (unpaired) electrons. The van der Waals surface area contributed by atoms with Crippen molar-refractivity contribution < 1.29 is 4.52 Å². The Bertz CT molecular complexity index is 581. The molecule has 0 unspecified atom stereocenters. The maximum atomic E-state index is 5.40. The largest absolute Gasteiger partial charge is 0.334 e. The highest BCUT2D eigenvalue weighted by molar-refractivity contribution is 5.57. The molecule has 5 heteroatoms. The SMILES string of the molecule is Cc1ccccc1-c1nc(CN2CCNC[C@@H]2C)no1. The first-order chi connectivity index (χ1) is 9.74. The topological polar surface area (TPSA) is 54.2 Å². The molecule has 3 rings (SSSR count). The molecule has 1 fully saturated rings. The van der Waals surface area contributed by atoms with Crippen molar-refractivity contribution in [3.63, 3.8) is 0 Å². The van der Waals surface area contributed by atoms with Gasteiger partial charge in [-0.2, -0.15) is 4.98 Å². The van der Waals surface area contributed by atoms with Crippen LogP contribution < -0.4 is 5.32 Å². The maximum Gasteiger partial charge on any atom is 0.258 e. The van der Waals surface area contributed by atoms with Gasteiger partial charge in [0.05, 0.1) is 6.54 Å². The average Bonchev–Trinajstić information content (AvgIpc) is 2.90. The van der Waals surface area contributed by atoms with E-state index in [0.29, 0.717) is 11.9 Å². The number of aromatic nitrogens is 2. The quantitative estimate of drug-likeness (QED) is 0.924. The van der Waals surface area contributed by atoms with Gasteiger partial charge in [0.15, 0.2) is 5.82 Å². The first kappa shape index (κ1) is 13.3. The third-order valence-electron chi connectivity index (χ3n) is 3.83. The van der Waals surface area contributed by atoms with Crippen molar-refractivity contribution in [3.05, 3.63) is 35.7 Å². The van der Waals surface area contributed by atoms with Crippen LogP contribution in [0, 0.1) is 6.92 Å². The summed E-state index contributed by atoms with van der Waals surface area (Å²) in [5, 5.41) is 7.50. The van der Waals surface area contributed by atoms with E-state index in [9.17, 15) is 0 Å². The lowest BCUT2D eigenvalue weighted by atomic mass is 10.1. The lowest BCUT2D eigenvalue weighted by Crippen LogP contribution is -2.49. The number of hydrogen-bond donors (Lipinski definition) is 1. The summed E-state index contributed by atoms with van der Waals surface area (Å²) in [6, 6.07) is 8.57. The highest BCUT2D eigenvalue weighted by Crippen LogP contribution is 2.21. The summed E-state index contributed by atoms with van der Waals surface area (Å²) < 4.78 is 5.40. The van der Waals surface area contributed by atoms with Crippen molar-refractivity contribution in [1.29, 1.82) is 0 Å². The highest BCUT2D eigenvalue weighted by atomic mass is 16.5. The fourth-order valence-corrected chi connectivity index (χ4v) is 2.54. The fourth-order valence-electron chi connectivity index (χ4n) is 2.54. The summed E-state index contributed by atoms with van der Waals surface area (Å²) in [6.45, 7) is 8.08. The Kier molecular flexibility index (Phi) is 3.80. The zero-order valence-electron chi connectivity index (χ0n) is 12.0.